The first-order chi connectivity index (χ1) is 38.0. The number of ether oxygens (including phenoxy) is 3. The van der Waals surface area contributed by atoms with E-state index in [1.165, 1.54) is 83.5 Å². The molecule has 0 aromatic rings. The maximum absolute atomic E-state index is 12.9. The molecule has 0 N–H and O–H groups in total. The summed E-state index contributed by atoms with van der Waals surface area (Å²) >= 11 is 0. The number of unbranched alkanes of at least 4 members (excludes halogenated alkanes) is 23. The highest BCUT2D eigenvalue weighted by Crippen LogP contribution is 2.15. The minimum absolute atomic E-state index is 0.0946. The van der Waals surface area contributed by atoms with E-state index in [1.54, 1.807) is 0 Å². The van der Waals surface area contributed by atoms with Crippen molar-refractivity contribution in [1.29, 1.82) is 0 Å². The molecule has 0 aliphatic carbocycles. The molecule has 1 atom stereocenters. The first-order valence-electron chi connectivity index (χ1n) is 31.7. The van der Waals surface area contributed by atoms with Gasteiger partial charge in [0, 0.05) is 19.3 Å². The van der Waals surface area contributed by atoms with Crippen molar-refractivity contribution in [3.63, 3.8) is 0 Å². The largest absolute Gasteiger partial charge is 0.462 e. The van der Waals surface area contributed by atoms with E-state index in [0.717, 1.165) is 154 Å². The van der Waals surface area contributed by atoms with E-state index in [9.17, 15) is 14.4 Å². The maximum Gasteiger partial charge on any atom is 0.306 e. The summed E-state index contributed by atoms with van der Waals surface area (Å²) in [7, 11) is 0. The summed E-state index contributed by atoms with van der Waals surface area (Å²) in [6.07, 6.45) is 90.2. The number of hydrogen-bond acceptors (Lipinski definition) is 6. The second kappa shape index (κ2) is 64.1. The molecule has 0 aromatic carbocycles. The van der Waals surface area contributed by atoms with Crippen LogP contribution in [0.3, 0.4) is 0 Å². The van der Waals surface area contributed by atoms with Gasteiger partial charge in [0.15, 0.2) is 6.10 Å². The van der Waals surface area contributed by atoms with E-state index in [1.807, 2.05) is 0 Å². The van der Waals surface area contributed by atoms with Gasteiger partial charge in [-0.15, -0.1) is 0 Å². The lowest BCUT2D eigenvalue weighted by molar-refractivity contribution is -0.167. The van der Waals surface area contributed by atoms with Gasteiger partial charge in [-0.3, -0.25) is 14.4 Å². The summed E-state index contributed by atoms with van der Waals surface area (Å²) in [6.45, 7) is 6.37. The minimum Gasteiger partial charge on any atom is -0.462 e. The van der Waals surface area contributed by atoms with Crippen LogP contribution in [-0.4, -0.2) is 37.2 Å². The summed E-state index contributed by atoms with van der Waals surface area (Å²) in [5.74, 6) is -0.924. The first kappa shape index (κ1) is 72.5. The number of allylic oxidation sites excluding steroid dienone is 22. The third-order valence-electron chi connectivity index (χ3n) is 13.1. The molecule has 436 valence electrons. The fraction of sp³-hybridized carbons (Fsp3) is 0.648. The first-order valence-corrected chi connectivity index (χ1v) is 31.7. The monoisotopic (exact) mass is 1060 g/mol. The Balaban J connectivity index is 4.39. The third-order valence-corrected chi connectivity index (χ3v) is 13.1. The minimum atomic E-state index is -0.799. The van der Waals surface area contributed by atoms with Gasteiger partial charge in [-0.25, -0.2) is 0 Å². The Morgan fingerprint density at radius 3 is 0.792 bits per heavy atom. The van der Waals surface area contributed by atoms with Crippen LogP contribution in [0.2, 0.25) is 0 Å². The van der Waals surface area contributed by atoms with Gasteiger partial charge in [-0.05, 0) is 135 Å². The molecule has 77 heavy (non-hydrogen) atoms. The molecule has 0 saturated heterocycles. The van der Waals surface area contributed by atoms with Gasteiger partial charge in [-0.2, -0.15) is 0 Å². The fourth-order valence-corrected chi connectivity index (χ4v) is 8.43. The van der Waals surface area contributed by atoms with E-state index in [-0.39, 0.29) is 31.1 Å². The summed E-state index contributed by atoms with van der Waals surface area (Å²) in [4.78, 5) is 38.3. The summed E-state index contributed by atoms with van der Waals surface area (Å²) in [5, 5.41) is 0. The predicted molar refractivity (Wildman–Crippen MR) is 334 cm³/mol. The van der Waals surface area contributed by atoms with E-state index < -0.39 is 6.10 Å². The van der Waals surface area contributed by atoms with Gasteiger partial charge in [0.1, 0.15) is 13.2 Å². The summed E-state index contributed by atoms with van der Waals surface area (Å²) in [6, 6.07) is 0. The molecule has 0 saturated carbocycles. The van der Waals surface area contributed by atoms with Gasteiger partial charge < -0.3 is 14.2 Å². The van der Waals surface area contributed by atoms with Crippen LogP contribution in [0.25, 0.3) is 0 Å². The Kier molecular flexibility index (Phi) is 60.4. The Hall–Kier alpha value is -4.45. The van der Waals surface area contributed by atoms with Gasteiger partial charge in [-0.1, -0.05) is 257 Å². The number of esters is 3. The van der Waals surface area contributed by atoms with Gasteiger partial charge >= 0.3 is 17.9 Å². The van der Waals surface area contributed by atoms with Crippen LogP contribution in [-0.2, 0) is 28.6 Å². The maximum atomic E-state index is 12.9. The van der Waals surface area contributed by atoms with Crippen LogP contribution in [0.1, 0.15) is 278 Å². The van der Waals surface area contributed by atoms with Crippen LogP contribution >= 0.6 is 0 Å². The topological polar surface area (TPSA) is 78.9 Å². The molecule has 0 fully saturated rings. The summed E-state index contributed by atoms with van der Waals surface area (Å²) in [5.41, 5.74) is 0. The SMILES string of the molecule is CC/C=C\C/C=C\C/C=C\C/C=C\C/C=C\C/C=C\CCCCCCCCCCC(=O)OCC(COC(=O)CCCCCCC/C=C\C/C=C\CCCCC)OC(=O)CCCCCCCCC/C=C\C/C=C\C/C=C\CC. The van der Waals surface area contributed by atoms with Crippen molar-refractivity contribution in [2.75, 3.05) is 13.2 Å². The van der Waals surface area contributed by atoms with Gasteiger partial charge in [0.05, 0.1) is 0 Å². The molecule has 1 unspecified atom stereocenters. The highest BCUT2D eigenvalue weighted by Gasteiger charge is 2.19. The summed E-state index contributed by atoms with van der Waals surface area (Å²) < 4.78 is 16.9. The lowest BCUT2D eigenvalue weighted by Gasteiger charge is -2.18. The highest BCUT2D eigenvalue weighted by atomic mass is 16.6. The predicted octanol–water partition coefficient (Wildman–Crippen LogP) is 21.8. The molecule has 6 nitrogen and oxygen atoms in total. The second-order valence-electron chi connectivity index (χ2n) is 20.5. The van der Waals surface area contributed by atoms with Crippen LogP contribution in [0.4, 0.5) is 0 Å². The van der Waals surface area contributed by atoms with Crippen molar-refractivity contribution in [2.24, 2.45) is 0 Å². The quantitative estimate of drug-likeness (QED) is 0.0261. The fourth-order valence-electron chi connectivity index (χ4n) is 8.43. The van der Waals surface area contributed by atoms with E-state index in [0.29, 0.717) is 19.3 Å². The normalized spacial score (nSPS) is 13.0. The van der Waals surface area contributed by atoms with E-state index in [4.69, 9.17) is 14.2 Å². The lowest BCUT2D eigenvalue weighted by Crippen LogP contribution is -2.30. The molecule has 6 heteroatoms. The molecule has 0 spiro atoms. The van der Waals surface area contributed by atoms with Crippen LogP contribution in [0.5, 0.6) is 0 Å². The smallest absolute Gasteiger partial charge is 0.306 e. The van der Waals surface area contributed by atoms with Crippen molar-refractivity contribution in [1.82, 2.24) is 0 Å². The number of carbonyl (C=O) groups is 3. The molecule has 0 heterocycles. The molecule has 0 amide bonds. The second-order valence-corrected chi connectivity index (χ2v) is 20.5. The third kappa shape index (κ3) is 62.3. The Bertz CT molecular complexity index is 1650. The Morgan fingerprint density at radius 1 is 0.273 bits per heavy atom. The lowest BCUT2D eigenvalue weighted by atomic mass is 10.1. The van der Waals surface area contributed by atoms with Crippen molar-refractivity contribution in [2.45, 2.75) is 284 Å². The van der Waals surface area contributed by atoms with Crippen LogP contribution in [0, 0.1) is 0 Å². The average Bonchev–Trinajstić information content (AvgIpc) is 3.43. The van der Waals surface area contributed by atoms with Crippen LogP contribution in [0.15, 0.2) is 134 Å². The zero-order valence-corrected chi connectivity index (χ0v) is 49.9. The molecular weight excluding hydrogens is 949 g/mol. The Morgan fingerprint density at radius 2 is 0.506 bits per heavy atom. The van der Waals surface area contributed by atoms with Crippen LogP contribution < -0.4 is 0 Å². The average molecular weight is 1070 g/mol. The Labute approximate surface area is 475 Å². The van der Waals surface area contributed by atoms with Crippen molar-refractivity contribution in [3.05, 3.63) is 134 Å². The van der Waals surface area contributed by atoms with E-state index >= 15 is 0 Å². The van der Waals surface area contributed by atoms with Crippen molar-refractivity contribution >= 4 is 17.9 Å². The standard InChI is InChI=1S/C71H116O6/c1-4-7-10-13-16-19-22-25-28-30-31-32-33-34-35-36-37-38-39-41-43-46-49-52-55-58-61-64-70(73)76-67-68(66-75-69(72)63-60-57-54-51-48-45-42-27-24-21-18-15-12-9-6-3)77-71(74)65-62-59-56-53-50-47-44-40-29-26-23-20-17-14-11-8-5-2/h7-8,10-11,16-21,25-29,31-32,34-35,37-38,42,68H,4-6,9,12-15,22-24,30,33,36,39-41,43-67H2,1-3H3/b10-7-,11-8-,19-16-,20-17-,21-18-,28-25-,29-26-,32-31-,35-34-,38-37-,42-27-. The molecule has 0 aliphatic rings. The number of carbonyl (C=O) groups excluding carboxylic acids is 3. The molecule has 0 bridgehead atoms. The highest BCUT2D eigenvalue weighted by molar-refractivity contribution is 5.71. The molecule has 0 aliphatic heterocycles. The van der Waals surface area contributed by atoms with Crippen molar-refractivity contribution < 1.29 is 28.6 Å². The zero-order chi connectivity index (χ0) is 55.7. The van der Waals surface area contributed by atoms with Crippen molar-refractivity contribution in [3.8, 4) is 0 Å². The van der Waals surface area contributed by atoms with E-state index in [2.05, 4.69) is 154 Å². The number of rotatable bonds is 56. The number of hydrogen-bond donors (Lipinski definition) is 0. The molecular formula is C71H116O6. The molecule has 0 rings (SSSR count). The van der Waals surface area contributed by atoms with Gasteiger partial charge in [0.2, 0.25) is 0 Å². The molecule has 0 radical (unpaired) electrons. The van der Waals surface area contributed by atoms with Gasteiger partial charge in [0.25, 0.3) is 0 Å². The molecule has 0 aromatic heterocycles. The zero-order valence-electron chi connectivity index (χ0n) is 49.9.